The number of hydrogen-bond acceptors (Lipinski definition) is 0. The molecule has 0 amide bonds. The summed E-state index contributed by atoms with van der Waals surface area (Å²) in [4.78, 5) is 0. The van der Waals surface area contributed by atoms with E-state index in [1.807, 2.05) is 0 Å². The molecule has 202 valence electrons. The highest BCUT2D eigenvalue weighted by atomic mass is 14.2. The average Bonchev–Trinajstić information content (AvgIpc) is 3.07. The monoisotopic (exact) mass is 546 g/mol. The minimum Gasteiger partial charge on any atom is -0.0616 e. The molecule has 1 aliphatic carbocycles. The number of benzene rings is 8. The van der Waals surface area contributed by atoms with Gasteiger partial charge < -0.3 is 0 Å². The molecule has 0 aliphatic heterocycles. The van der Waals surface area contributed by atoms with Crippen molar-refractivity contribution in [3.8, 4) is 33.4 Å². The Morgan fingerprint density at radius 2 is 0.884 bits per heavy atom. The van der Waals surface area contributed by atoms with Crippen molar-refractivity contribution in [1.82, 2.24) is 0 Å². The van der Waals surface area contributed by atoms with Gasteiger partial charge in [0.25, 0.3) is 0 Å². The summed E-state index contributed by atoms with van der Waals surface area (Å²) in [6.07, 6.45) is 3.62. The molecule has 1 aliphatic rings. The van der Waals surface area contributed by atoms with Crippen molar-refractivity contribution < 1.29 is 0 Å². The van der Waals surface area contributed by atoms with Gasteiger partial charge in [0.1, 0.15) is 0 Å². The van der Waals surface area contributed by atoms with Gasteiger partial charge in [0.05, 0.1) is 0 Å². The van der Waals surface area contributed by atoms with E-state index >= 15 is 0 Å². The Labute approximate surface area is 251 Å². The lowest BCUT2D eigenvalue weighted by atomic mass is 9.84. The van der Waals surface area contributed by atoms with E-state index in [1.165, 1.54) is 107 Å². The lowest BCUT2D eigenvalue weighted by molar-refractivity contribution is 0.808. The first-order valence-corrected chi connectivity index (χ1v) is 15.4. The first kappa shape index (κ1) is 24.4. The van der Waals surface area contributed by atoms with E-state index in [0.29, 0.717) is 0 Å². The summed E-state index contributed by atoms with van der Waals surface area (Å²) in [5.41, 5.74) is 10.7. The predicted octanol–water partition coefficient (Wildman–Crippen LogP) is 11.8. The van der Waals surface area contributed by atoms with Crippen molar-refractivity contribution in [1.29, 1.82) is 0 Å². The van der Waals surface area contributed by atoms with Crippen LogP contribution in [-0.2, 0) is 12.8 Å². The van der Waals surface area contributed by atoms with E-state index in [4.69, 9.17) is 0 Å². The van der Waals surface area contributed by atoms with Crippen molar-refractivity contribution >= 4 is 43.1 Å². The highest BCUT2D eigenvalue weighted by Crippen LogP contribution is 2.44. The molecule has 8 aromatic carbocycles. The van der Waals surface area contributed by atoms with E-state index in [2.05, 4.69) is 146 Å². The second-order valence-corrected chi connectivity index (χ2v) is 11.9. The molecule has 0 radical (unpaired) electrons. The number of hydrogen-bond donors (Lipinski definition) is 0. The van der Waals surface area contributed by atoms with Crippen molar-refractivity contribution in [3.05, 3.63) is 157 Å². The molecule has 8 aromatic rings. The third kappa shape index (κ3) is 3.84. The average molecular weight is 547 g/mol. The highest BCUT2D eigenvalue weighted by molar-refractivity contribution is 6.21. The van der Waals surface area contributed by atoms with Crippen molar-refractivity contribution in [2.45, 2.75) is 19.3 Å². The normalized spacial score (nSPS) is 12.8. The number of fused-ring (bicyclic) bond motifs is 3. The maximum absolute atomic E-state index is 2.36. The van der Waals surface area contributed by atoms with Gasteiger partial charge in [-0.25, -0.2) is 0 Å². The first-order chi connectivity index (χ1) is 21.3. The molecule has 0 unspecified atom stereocenters. The molecule has 0 heteroatoms. The van der Waals surface area contributed by atoms with Gasteiger partial charge in [0.2, 0.25) is 0 Å². The Kier molecular flexibility index (Phi) is 5.49. The molecule has 0 spiro atoms. The molecule has 0 fully saturated rings. The topological polar surface area (TPSA) is 0 Å². The van der Waals surface area contributed by atoms with Crippen LogP contribution < -0.4 is 0 Å². The van der Waals surface area contributed by atoms with Gasteiger partial charge in [-0.2, -0.15) is 0 Å². The van der Waals surface area contributed by atoms with Crippen LogP contribution >= 0.6 is 0 Å². The summed E-state index contributed by atoms with van der Waals surface area (Å²) in [6.45, 7) is 0. The van der Waals surface area contributed by atoms with Crippen LogP contribution in [0.4, 0.5) is 0 Å². The van der Waals surface area contributed by atoms with E-state index in [9.17, 15) is 0 Å². The van der Waals surface area contributed by atoms with E-state index in [-0.39, 0.29) is 0 Å². The molecule has 0 saturated heterocycles. The van der Waals surface area contributed by atoms with Gasteiger partial charge >= 0.3 is 0 Å². The number of rotatable bonds is 3. The highest BCUT2D eigenvalue weighted by Gasteiger charge is 2.18. The fourth-order valence-electron chi connectivity index (χ4n) is 7.61. The molecule has 0 saturated carbocycles. The zero-order chi connectivity index (χ0) is 28.3. The standard InChI is InChI=1S/C43H30/c1-2-10-33-27-34(24-19-28(33)9-1)43-39-16-5-3-14-37(39)42(38-15-4-6-17-40(38)43)32-22-20-29(21-23-32)35-26-25-31-12-7-11-30-13-8-18-36(35)41(30)31/h1-6,8-10,13-27H,7,11-12H2. The van der Waals surface area contributed by atoms with Crippen LogP contribution in [0.3, 0.4) is 0 Å². The van der Waals surface area contributed by atoms with E-state index in [1.54, 1.807) is 0 Å². The van der Waals surface area contributed by atoms with Gasteiger partial charge in [-0.15, -0.1) is 0 Å². The Balaban J connectivity index is 1.25. The number of aryl methyl sites for hydroxylation is 2. The molecule has 0 atom stereocenters. The summed E-state index contributed by atoms with van der Waals surface area (Å²) in [6, 6.07) is 54.2. The van der Waals surface area contributed by atoms with Crippen LogP contribution in [0.15, 0.2) is 146 Å². The zero-order valence-electron chi connectivity index (χ0n) is 24.0. The summed E-state index contributed by atoms with van der Waals surface area (Å²) in [5.74, 6) is 0. The van der Waals surface area contributed by atoms with Crippen LogP contribution in [-0.4, -0.2) is 0 Å². The summed E-state index contributed by atoms with van der Waals surface area (Å²) < 4.78 is 0. The third-order valence-corrected chi connectivity index (χ3v) is 9.56. The molecule has 9 rings (SSSR count). The van der Waals surface area contributed by atoms with E-state index in [0.717, 1.165) is 0 Å². The smallest absolute Gasteiger partial charge is 0.00262 e. The predicted molar refractivity (Wildman–Crippen MR) is 185 cm³/mol. The molecular formula is C43H30. The van der Waals surface area contributed by atoms with Gasteiger partial charge in [0.15, 0.2) is 0 Å². The molecule has 0 bridgehead atoms. The molecular weight excluding hydrogens is 516 g/mol. The van der Waals surface area contributed by atoms with Crippen LogP contribution in [0, 0.1) is 0 Å². The molecule has 43 heavy (non-hydrogen) atoms. The maximum Gasteiger partial charge on any atom is -0.00262 e. The summed E-state index contributed by atoms with van der Waals surface area (Å²) >= 11 is 0. The van der Waals surface area contributed by atoms with E-state index < -0.39 is 0 Å². The third-order valence-electron chi connectivity index (χ3n) is 9.56. The molecule has 0 N–H and O–H groups in total. The first-order valence-electron chi connectivity index (χ1n) is 15.4. The zero-order valence-corrected chi connectivity index (χ0v) is 24.0. The molecule has 0 heterocycles. The Morgan fingerprint density at radius 1 is 0.349 bits per heavy atom. The Bertz CT molecular complexity index is 2290. The molecule has 0 nitrogen and oxygen atoms in total. The van der Waals surface area contributed by atoms with Crippen LogP contribution in [0.25, 0.3) is 76.5 Å². The Morgan fingerprint density at radius 3 is 1.58 bits per heavy atom. The second kappa shape index (κ2) is 9.68. The summed E-state index contributed by atoms with van der Waals surface area (Å²) in [7, 11) is 0. The SMILES string of the molecule is c1ccc2cc(-c3c4ccccc4c(-c4ccc(-c5ccc6c7c(cccc57)CCC6)cc4)c4ccccc34)ccc2c1. The Hall–Kier alpha value is -5.20. The fraction of sp³-hybridized carbons (Fsp3) is 0.0698. The van der Waals surface area contributed by atoms with Crippen LogP contribution in [0.5, 0.6) is 0 Å². The maximum atomic E-state index is 2.36. The lowest BCUT2D eigenvalue weighted by Gasteiger charge is -2.20. The van der Waals surface area contributed by atoms with Crippen molar-refractivity contribution in [2.24, 2.45) is 0 Å². The minimum absolute atomic E-state index is 1.18. The quantitative estimate of drug-likeness (QED) is 0.193. The van der Waals surface area contributed by atoms with Gasteiger partial charge in [-0.1, -0.05) is 140 Å². The van der Waals surface area contributed by atoms with Gasteiger partial charge in [-0.3, -0.25) is 0 Å². The minimum atomic E-state index is 1.18. The largest absolute Gasteiger partial charge is 0.0616 e. The molecule has 0 aromatic heterocycles. The second-order valence-electron chi connectivity index (χ2n) is 11.9. The van der Waals surface area contributed by atoms with Crippen LogP contribution in [0.1, 0.15) is 17.5 Å². The summed E-state index contributed by atoms with van der Waals surface area (Å²) in [5, 5.41) is 10.6. The van der Waals surface area contributed by atoms with Gasteiger partial charge in [0, 0.05) is 0 Å². The van der Waals surface area contributed by atoms with Crippen molar-refractivity contribution in [3.63, 3.8) is 0 Å². The van der Waals surface area contributed by atoms with Crippen molar-refractivity contribution in [2.75, 3.05) is 0 Å². The van der Waals surface area contributed by atoms with Crippen LogP contribution in [0.2, 0.25) is 0 Å². The van der Waals surface area contributed by atoms with Gasteiger partial charge in [-0.05, 0) is 113 Å². The fourth-order valence-corrected chi connectivity index (χ4v) is 7.61. The lowest BCUT2D eigenvalue weighted by Crippen LogP contribution is -2.01.